The van der Waals surface area contributed by atoms with Crippen molar-refractivity contribution in [2.75, 3.05) is 31.2 Å². The molecule has 2 aromatic heterocycles. The molecule has 1 aromatic carbocycles. The van der Waals surface area contributed by atoms with E-state index >= 15 is 0 Å². The van der Waals surface area contributed by atoms with Gasteiger partial charge in [0.05, 0.1) is 17.5 Å². The summed E-state index contributed by atoms with van der Waals surface area (Å²) in [6.45, 7) is 3.55. The van der Waals surface area contributed by atoms with E-state index in [1.165, 1.54) is 12.8 Å². The van der Waals surface area contributed by atoms with E-state index in [9.17, 15) is 4.79 Å². The zero-order valence-corrected chi connectivity index (χ0v) is 16.6. The number of hydrogen-bond acceptors (Lipinski definition) is 6. The molecule has 5 rings (SSSR count). The van der Waals surface area contributed by atoms with Crippen LogP contribution in [0.4, 0.5) is 5.82 Å². The fourth-order valence-electron chi connectivity index (χ4n) is 3.84. The molecule has 3 aromatic rings. The number of amides is 1. The highest BCUT2D eigenvalue weighted by molar-refractivity contribution is 5.99. The summed E-state index contributed by atoms with van der Waals surface area (Å²) in [5, 5.41) is 10.00. The van der Waals surface area contributed by atoms with Crippen LogP contribution < -0.4 is 19.7 Å². The molecular weight excluding hydrogens is 382 g/mol. The third-order valence-electron chi connectivity index (χ3n) is 5.41. The van der Waals surface area contributed by atoms with E-state index in [4.69, 9.17) is 9.47 Å². The van der Waals surface area contributed by atoms with Crippen LogP contribution in [0.3, 0.4) is 0 Å². The molecular formula is C22H23N5O3. The van der Waals surface area contributed by atoms with E-state index in [0.29, 0.717) is 42.5 Å². The molecule has 154 valence electrons. The molecule has 4 heterocycles. The summed E-state index contributed by atoms with van der Waals surface area (Å²) in [4.78, 5) is 19.6. The Labute approximate surface area is 174 Å². The first kappa shape index (κ1) is 18.5. The zero-order valence-electron chi connectivity index (χ0n) is 16.6. The van der Waals surface area contributed by atoms with Crippen molar-refractivity contribution in [3.8, 4) is 22.8 Å². The van der Waals surface area contributed by atoms with Crippen LogP contribution in [-0.2, 0) is 6.54 Å². The maximum absolute atomic E-state index is 12.9. The van der Waals surface area contributed by atoms with E-state index in [1.807, 2.05) is 30.3 Å². The smallest absolute Gasteiger partial charge is 0.255 e. The Morgan fingerprint density at radius 3 is 2.80 bits per heavy atom. The van der Waals surface area contributed by atoms with Crippen molar-refractivity contribution in [2.24, 2.45) is 0 Å². The van der Waals surface area contributed by atoms with Crippen molar-refractivity contribution in [1.29, 1.82) is 0 Å². The van der Waals surface area contributed by atoms with Gasteiger partial charge in [-0.2, -0.15) is 5.10 Å². The van der Waals surface area contributed by atoms with Gasteiger partial charge in [-0.25, -0.2) is 4.98 Å². The largest absolute Gasteiger partial charge is 0.486 e. The van der Waals surface area contributed by atoms with Gasteiger partial charge in [-0.15, -0.1) is 0 Å². The van der Waals surface area contributed by atoms with Crippen LogP contribution in [0.2, 0.25) is 0 Å². The SMILES string of the molecule is O=C(NCc1ccnc(N2CCCC2)c1)c1cn[nH]c1-c1ccc2c(c1)OCCO2. The molecule has 1 amide bonds. The summed E-state index contributed by atoms with van der Waals surface area (Å²) in [5.74, 6) is 2.17. The van der Waals surface area contributed by atoms with Crippen molar-refractivity contribution in [1.82, 2.24) is 20.5 Å². The molecule has 0 aliphatic carbocycles. The number of anilines is 1. The van der Waals surface area contributed by atoms with Gasteiger partial charge in [-0.1, -0.05) is 0 Å². The standard InChI is InChI=1S/C22H23N5O3/c28-22(24-13-15-5-6-23-20(11-15)27-7-1-2-8-27)17-14-25-26-21(17)16-3-4-18-19(12-16)30-10-9-29-18/h3-6,11-12,14H,1-2,7-10,13H2,(H,24,28)(H,25,26). The van der Waals surface area contributed by atoms with E-state index in [2.05, 4.69) is 25.4 Å². The lowest BCUT2D eigenvalue weighted by Crippen LogP contribution is -2.24. The summed E-state index contributed by atoms with van der Waals surface area (Å²) in [6.07, 6.45) is 5.74. The average Bonchev–Trinajstić information content (AvgIpc) is 3.50. The Morgan fingerprint density at radius 1 is 1.10 bits per heavy atom. The van der Waals surface area contributed by atoms with Crippen LogP contribution in [0.1, 0.15) is 28.8 Å². The molecule has 0 radical (unpaired) electrons. The van der Waals surface area contributed by atoms with Crippen LogP contribution in [0.5, 0.6) is 11.5 Å². The zero-order chi connectivity index (χ0) is 20.3. The minimum atomic E-state index is -0.187. The predicted molar refractivity (Wildman–Crippen MR) is 112 cm³/mol. The molecule has 2 aliphatic rings. The molecule has 0 bridgehead atoms. The minimum Gasteiger partial charge on any atom is -0.486 e. The van der Waals surface area contributed by atoms with Gasteiger partial charge in [-0.05, 0) is 48.7 Å². The number of nitrogens with one attached hydrogen (secondary N) is 2. The number of carbonyl (C=O) groups is 1. The number of carbonyl (C=O) groups excluding carboxylic acids is 1. The topological polar surface area (TPSA) is 92.4 Å². The second-order valence-electron chi connectivity index (χ2n) is 7.42. The highest BCUT2D eigenvalue weighted by atomic mass is 16.6. The van der Waals surface area contributed by atoms with E-state index in [0.717, 1.165) is 30.0 Å². The van der Waals surface area contributed by atoms with E-state index < -0.39 is 0 Å². The maximum atomic E-state index is 12.9. The lowest BCUT2D eigenvalue weighted by atomic mass is 10.1. The monoisotopic (exact) mass is 405 g/mol. The molecule has 0 spiro atoms. The van der Waals surface area contributed by atoms with Crippen molar-refractivity contribution in [3.05, 3.63) is 53.9 Å². The van der Waals surface area contributed by atoms with Crippen molar-refractivity contribution < 1.29 is 14.3 Å². The Morgan fingerprint density at radius 2 is 1.93 bits per heavy atom. The number of rotatable bonds is 5. The molecule has 30 heavy (non-hydrogen) atoms. The van der Waals surface area contributed by atoms with Crippen molar-refractivity contribution in [3.63, 3.8) is 0 Å². The number of pyridine rings is 1. The summed E-state index contributed by atoms with van der Waals surface area (Å²) in [6, 6.07) is 9.58. The number of benzene rings is 1. The van der Waals surface area contributed by atoms with Gasteiger partial charge < -0.3 is 19.7 Å². The fourth-order valence-corrected chi connectivity index (χ4v) is 3.84. The molecule has 8 heteroatoms. The van der Waals surface area contributed by atoms with Gasteiger partial charge in [0.2, 0.25) is 0 Å². The van der Waals surface area contributed by atoms with Gasteiger partial charge in [0.25, 0.3) is 5.91 Å². The summed E-state index contributed by atoms with van der Waals surface area (Å²) in [7, 11) is 0. The normalized spacial score (nSPS) is 15.3. The Hall–Kier alpha value is -3.55. The Bertz CT molecular complexity index is 1060. The first-order valence-electron chi connectivity index (χ1n) is 10.2. The van der Waals surface area contributed by atoms with Crippen LogP contribution in [0.15, 0.2) is 42.7 Å². The number of ether oxygens (including phenoxy) is 2. The lowest BCUT2D eigenvalue weighted by Gasteiger charge is -2.18. The average molecular weight is 405 g/mol. The molecule has 2 N–H and O–H groups in total. The highest BCUT2D eigenvalue weighted by Gasteiger charge is 2.19. The highest BCUT2D eigenvalue weighted by Crippen LogP contribution is 2.34. The first-order chi connectivity index (χ1) is 14.8. The maximum Gasteiger partial charge on any atom is 0.255 e. The minimum absolute atomic E-state index is 0.187. The van der Waals surface area contributed by atoms with Gasteiger partial charge in [0, 0.05) is 31.4 Å². The number of aromatic nitrogens is 3. The number of nitrogens with zero attached hydrogens (tertiary/aromatic N) is 3. The molecule has 0 unspecified atom stereocenters. The van der Waals surface area contributed by atoms with Crippen molar-refractivity contribution >= 4 is 11.7 Å². The van der Waals surface area contributed by atoms with Gasteiger partial charge in [0.1, 0.15) is 19.0 Å². The summed E-state index contributed by atoms with van der Waals surface area (Å²) < 4.78 is 11.2. The fraction of sp³-hybridized carbons (Fsp3) is 0.318. The molecule has 0 saturated carbocycles. The summed E-state index contributed by atoms with van der Waals surface area (Å²) >= 11 is 0. The third kappa shape index (κ3) is 3.68. The Kier molecular flexibility index (Phi) is 4.96. The molecule has 2 aliphatic heterocycles. The van der Waals surface area contributed by atoms with Crippen LogP contribution in [0.25, 0.3) is 11.3 Å². The third-order valence-corrected chi connectivity index (χ3v) is 5.41. The number of aromatic amines is 1. The number of hydrogen-bond donors (Lipinski definition) is 2. The summed E-state index contributed by atoms with van der Waals surface area (Å²) in [5.41, 5.74) is 2.98. The first-order valence-corrected chi connectivity index (χ1v) is 10.2. The van der Waals surface area contributed by atoms with Crippen LogP contribution in [-0.4, -0.2) is 47.4 Å². The van der Waals surface area contributed by atoms with Gasteiger partial charge >= 0.3 is 0 Å². The molecule has 1 fully saturated rings. The van der Waals surface area contributed by atoms with Crippen LogP contribution in [0, 0.1) is 0 Å². The quantitative estimate of drug-likeness (QED) is 0.678. The lowest BCUT2D eigenvalue weighted by molar-refractivity contribution is 0.0951. The molecule has 1 saturated heterocycles. The van der Waals surface area contributed by atoms with Crippen molar-refractivity contribution in [2.45, 2.75) is 19.4 Å². The second-order valence-corrected chi connectivity index (χ2v) is 7.42. The second kappa shape index (κ2) is 8.06. The number of H-pyrrole nitrogens is 1. The number of fused-ring (bicyclic) bond motifs is 1. The van der Waals surface area contributed by atoms with Gasteiger partial charge in [-0.3, -0.25) is 9.89 Å². The predicted octanol–water partition coefficient (Wildman–Crippen LogP) is 2.77. The van der Waals surface area contributed by atoms with Crippen LogP contribution >= 0.6 is 0 Å². The van der Waals surface area contributed by atoms with E-state index in [1.54, 1.807) is 12.4 Å². The molecule has 0 atom stereocenters. The molecule has 8 nitrogen and oxygen atoms in total. The Balaban J connectivity index is 1.30. The van der Waals surface area contributed by atoms with E-state index in [-0.39, 0.29) is 5.91 Å². The van der Waals surface area contributed by atoms with Gasteiger partial charge in [0.15, 0.2) is 11.5 Å².